The molecule has 0 fully saturated rings. The van der Waals surface area contributed by atoms with E-state index >= 15 is 0 Å². The molecule has 2 nitrogen and oxygen atoms in total. The number of rotatable bonds is 8. The second-order valence-corrected chi connectivity index (χ2v) is 20.4. The summed E-state index contributed by atoms with van der Waals surface area (Å²) >= 11 is 0. The number of hydrogen-bond donors (Lipinski definition) is 0. The number of fused-ring (bicyclic) bond motifs is 7. The first-order valence-electron chi connectivity index (χ1n) is 24.9. The van der Waals surface area contributed by atoms with E-state index in [1.807, 2.05) is 0 Å². The summed E-state index contributed by atoms with van der Waals surface area (Å²) in [7, 11) is 0. The first kappa shape index (κ1) is 41.9. The van der Waals surface area contributed by atoms with Crippen LogP contribution >= 0.6 is 0 Å². The lowest BCUT2D eigenvalue weighted by atomic mass is 9.76. The predicted octanol–water partition coefficient (Wildman–Crippen LogP) is 18.8. The van der Waals surface area contributed by atoms with Crippen LogP contribution in [0.5, 0.6) is 0 Å². The van der Waals surface area contributed by atoms with Crippen LogP contribution in [-0.2, 0) is 10.8 Å². The van der Waals surface area contributed by atoms with Crippen molar-refractivity contribution in [3.05, 3.63) is 264 Å². The zero-order chi connectivity index (χ0) is 47.1. The first-order chi connectivity index (χ1) is 34.3. The Hall–Kier alpha value is -8.20. The highest BCUT2D eigenvalue weighted by Crippen LogP contribution is 2.56. The number of para-hydroxylation sites is 4. The third-order valence-corrected chi connectivity index (χ3v) is 15.7. The molecule has 0 aliphatic heterocycles. The molecule has 336 valence electrons. The second kappa shape index (κ2) is 16.2. The van der Waals surface area contributed by atoms with Gasteiger partial charge < -0.3 is 9.80 Å². The molecule has 0 unspecified atom stereocenters. The molecule has 10 aromatic carbocycles. The summed E-state index contributed by atoms with van der Waals surface area (Å²) in [5.74, 6) is 0. The van der Waals surface area contributed by atoms with Gasteiger partial charge in [-0.3, -0.25) is 0 Å². The molecule has 0 N–H and O–H groups in total. The van der Waals surface area contributed by atoms with Crippen LogP contribution in [0.15, 0.2) is 236 Å². The molecule has 0 radical (unpaired) electrons. The molecular formula is C68H54N2. The van der Waals surface area contributed by atoms with Gasteiger partial charge in [0.25, 0.3) is 0 Å². The smallest absolute Gasteiger partial charge is 0.0468 e. The number of anilines is 6. The molecule has 0 bridgehead atoms. The number of allylic oxidation sites excluding steroid dienone is 4. The largest absolute Gasteiger partial charge is 0.310 e. The third-order valence-electron chi connectivity index (χ3n) is 15.7. The van der Waals surface area contributed by atoms with Gasteiger partial charge in [-0.1, -0.05) is 179 Å². The van der Waals surface area contributed by atoms with Crippen LogP contribution < -0.4 is 9.80 Å². The van der Waals surface area contributed by atoms with Gasteiger partial charge in [-0.2, -0.15) is 0 Å². The highest BCUT2D eigenvalue weighted by Gasteiger charge is 2.39. The molecule has 0 saturated carbocycles. The van der Waals surface area contributed by atoms with Crippen LogP contribution in [-0.4, -0.2) is 0 Å². The SMILES string of the molecule is CC1(C)C2=C(CCC(c3c4cc(N(c5ccccc5)c5ccccc5)ccc4c(-c4ccc5c(c4)C(C)(C)c4ccccc4-5)c4cc(N(c5ccccc5)c5ccccc5)ccc34)=C2)c2ccccc21. The van der Waals surface area contributed by atoms with Gasteiger partial charge in [-0.25, -0.2) is 0 Å². The van der Waals surface area contributed by atoms with Crippen LogP contribution in [0, 0.1) is 0 Å². The van der Waals surface area contributed by atoms with E-state index in [-0.39, 0.29) is 10.8 Å². The molecule has 0 saturated heterocycles. The van der Waals surface area contributed by atoms with Crippen molar-refractivity contribution in [2.24, 2.45) is 0 Å². The van der Waals surface area contributed by atoms with E-state index in [1.165, 1.54) is 88.3 Å². The Bertz CT molecular complexity index is 3670. The fourth-order valence-corrected chi connectivity index (χ4v) is 12.4. The van der Waals surface area contributed by atoms with Gasteiger partial charge in [0.05, 0.1) is 0 Å². The lowest BCUT2D eigenvalue weighted by Crippen LogP contribution is -2.17. The first-order valence-corrected chi connectivity index (χ1v) is 24.9. The van der Waals surface area contributed by atoms with E-state index in [4.69, 9.17) is 0 Å². The standard InChI is InChI=1S/C68H54N2/c1-67(2)61-31-19-17-29-53(61)55-37-33-45(41-63(55)67)65-57-39-35-52(70(49-25-13-7-14-26-49)50-27-15-8-16-28-50)44-60(57)66(46-34-38-56-54-30-18-20-32-62(54)68(3,4)64(56)42-46)58-40-36-51(43-59(58)65)69(47-21-9-5-10-22-47)48-23-11-6-12-24-48/h5-33,35-37,39-44H,34,38H2,1-4H3. The second-order valence-electron chi connectivity index (χ2n) is 20.4. The molecule has 3 aliphatic carbocycles. The summed E-state index contributed by atoms with van der Waals surface area (Å²) in [6.45, 7) is 9.63. The average Bonchev–Trinajstić information content (AvgIpc) is 3.78. The van der Waals surface area contributed by atoms with Crippen LogP contribution in [0.2, 0.25) is 0 Å². The van der Waals surface area contributed by atoms with Crippen molar-refractivity contribution in [2.45, 2.75) is 51.4 Å². The molecular weight excluding hydrogens is 845 g/mol. The quantitative estimate of drug-likeness (QED) is 0.140. The van der Waals surface area contributed by atoms with Crippen LogP contribution in [0.4, 0.5) is 34.1 Å². The maximum absolute atomic E-state index is 2.59. The Morgan fingerprint density at radius 3 is 1.31 bits per heavy atom. The van der Waals surface area contributed by atoms with Crippen LogP contribution in [0.25, 0.3) is 54.9 Å². The van der Waals surface area contributed by atoms with E-state index < -0.39 is 0 Å². The average molecular weight is 899 g/mol. The molecule has 13 rings (SSSR count). The Morgan fingerprint density at radius 1 is 0.329 bits per heavy atom. The van der Waals surface area contributed by atoms with Gasteiger partial charge in [-0.05, 0) is 180 Å². The van der Waals surface area contributed by atoms with Crippen molar-refractivity contribution in [1.82, 2.24) is 0 Å². The fourth-order valence-electron chi connectivity index (χ4n) is 12.4. The Kier molecular flexibility index (Phi) is 9.72. The van der Waals surface area contributed by atoms with Crippen molar-refractivity contribution in [3.63, 3.8) is 0 Å². The van der Waals surface area contributed by atoms with Gasteiger partial charge >= 0.3 is 0 Å². The fraction of sp³-hybridized carbons (Fsp3) is 0.118. The van der Waals surface area contributed by atoms with Gasteiger partial charge in [0.15, 0.2) is 0 Å². The Morgan fingerprint density at radius 2 is 0.771 bits per heavy atom. The zero-order valence-corrected chi connectivity index (χ0v) is 40.2. The van der Waals surface area contributed by atoms with Crippen molar-refractivity contribution in [2.75, 3.05) is 9.80 Å². The normalized spacial score (nSPS) is 15.0. The van der Waals surface area contributed by atoms with Crippen LogP contribution in [0.3, 0.4) is 0 Å². The molecule has 0 amide bonds. The van der Waals surface area contributed by atoms with Gasteiger partial charge in [0.2, 0.25) is 0 Å². The molecule has 0 spiro atoms. The minimum atomic E-state index is -0.154. The molecule has 3 aliphatic rings. The third kappa shape index (κ3) is 6.54. The topological polar surface area (TPSA) is 6.48 Å². The van der Waals surface area contributed by atoms with Crippen molar-refractivity contribution in [1.29, 1.82) is 0 Å². The van der Waals surface area contributed by atoms with Crippen molar-refractivity contribution < 1.29 is 0 Å². The summed E-state index contributed by atoms with van der Waals surface area (Å²) < 4.78 is 0. The molecule has 0 atom stereocenters. The van der Waals surface area contributed by atoms with Gasteiger partial charge in [0.1, 0.15) is 0 Å². The Labute approximate surface area is 412 Å². The molecule has 2 heteroatoms. The Balaban J connectivity index is 1.14. The molecule has 0 heterocycles. The number of nitrogens with zero attached hydrogens (tertiary/aromatic N) is 2. The number of hydrogen-bond acceptors (Lipinski definition) is 2. The monoisotopic (exact) mass is 898 g/mol. The molecule has 0 aromatic heterocycles. The minimum Gasteiger partial charge on any atom is -0.310 e. The molecule has 70 heavy (non-hydrogen) atoms. The van der Waals surface area contributed by atoms with Crippen LogP contribution in [0.1, 0.15) is 68.4 Å². The predicted molar refractivity (Wildman–Crippen MR) is 297 cm³/mol. The van der Waals surface area contributed by atoms with E-state index in [1.54, 1.807) is 0 Å². The molecule has 10 aromatic rings. The van der Waals surface area contributed by atoms with E-state index in [0.717, 1.165) is 47.0 Å². The lowest BCUT2D eigenvalue weighted by Gasteiger charge is -2.30. The summed E-state index contributed by atoms with van der Waals surface area (Å²) in [5.41, 5.74) is 22.9. The summed E-state index contributed by atoms with van der Waals surface area (Å²) in [6.07, 6.45) is 4.54. The van der Waals surface area contributed by atoms with Gasteiger partial charge in [0, 0.05) is 45.0 Å². The van der Waals surface area contributed by atoms with Crippen molar-refractivity contribution in [3.8, 4) is 22.3 Å². The van der Waals surface area contributed by atoms with E-state index in [0.29, 0.717) is 0 Å². The van der Waals surface area contributed by atoms with Gasteiger partial charge in [-0.15, -0.1) is 0 Å². The lowest BCUT2D eigenvalue weighted by molar-refractivity contribution is 0.652. The maximum atomic E-state index is 2.59. The minimum absolute atomic E-state index is 0.112. The maximum Gasteiger partial charge on any atom is 0.0468 e. The summed E-state index contributed by atoms with van der Waals surface area (Å²) in [5, 5.41) is 5.02. The number of benzene rings is 10. The van der Waals surface area contributed by atoms with Crippen molar-refractivity contribution >= 4 is 66.8 Å². The highest BCUT2D eigenvalue weighted by atomic mass is 15.1. The summed E-state index contributed by atoms with van der Waals surface area (Å²) in [4.78, 5) is 4.82. The summed E-state index contributed by atoms with van der Waals surface area (Å²) in [6, 6.07) is 83.3. The van der Waals surface area contributed by atoms with E-state index in [9.17, 15) is 0 Å². The van der Waals surface area contributed by atoms with E-state index in [2.05, 4.69) is 268 Å². The zero-order valence-electron chi connectivity index (χ0n) is 40.2. The highest BCUT2D eigenvalue weighted by molar-refractivity contribution is 6.21.